The lowest BCUT2D eigenvalue weighted by Crippen LogP contribution is -2.31. The number of rotatable bonds is 21. The molecule has 1 heterocycles. The molecule has 2 rings (SSSR count). The van der Waals surface area contributed by atoms with E-state index in [1.807, 2.05) is 12.1 Å². The molecule has 1 aromatic rings. The number of dihydropyridines is 1. The van der Waals surface area contributed by atoms with Crippen LogP contribution in [-0.4, -0.2) is 42.5 Å². The summed E-state index contributed by atoms with van der Waals surface area (Å²) in [6.07, 6.45) is 17.2. The lowest BCUT2D eigenvalue weighted by atomic mass is 9.77. The van der Waals surface area contributed by atoms with E-state index >= 15 is 0 Å². The van der Waals surface area contributed by atoms with Gasteiger partial charge < -0.3 is 25.0 Å². The average molecular weight is 558 g/mol. The molecule has 0 unspecified atom stereocenters. The van der Waals surface area contributed by atoms with Crippen LogP contribution < -0.4 is 10.1 Å². The predicted molar refractivity (Wildman–Crippen MR) is 160 cm³/mol. The van der Waals surface area contributed by atoms with Crippen LogP contribution in [0.15, 0.2) is 40.7 Å². The van der Waals surface area contributed by atoms with E-state index in [1.54, 1.807) is 27.0 Å². The van der Waals surface area contributed by atoms with Crippen molar-refractivity contribution in [3.8, 4) is 5.75 Å². The largest absolute Gasteiger partial charge is 0.491 e. The maximum Gasteiger partial charge on any atom is 0.334 e. The Bertz CT molecular complexity index is 976. The molecule has 0 radical (unpaired) electrons. The molecule has 0 spiro atoms. The first-order valence-corrected chi connectivity index (χ1v) is 15.2. The minimum atomic E-state index is -1.14. The van der Waals surface area contributed by atoms with Crippen LogP contribution in [-0.2, 0) is 20.7 Å². The third-order valence-electron chi connectivity index (χ3n) is 7.76. The van der Waals surface area contributed by atoms with Crippen LogP contribution in [0.4, 0.5) is 0 Å². The highest BCUT2D eigenvalue weighted by molar-refractivity contribution is 5.98. The lowest BCUT2D eigenvalue weighted by Gasteiger charge is -2.31. The highest BCUT2D eigenvalue weighted by Crippen LogP contribution is 2.44. The van der Waals surface area contributed by atoms with Gasteiger partial charge in [-0.25, -0.2) is 9.59 Å². The second kappa shape index (κ2) is 18.5. The van der Waals surface area contributed by atoms with Crippen LogP contribution in [0.1, 0.15) is 121 Å². The third-order valence-corrected chi connectivity index (χ3v) is 7.76. The van der Waals surface area contributed by atoms with E-state index in [1.165, 1.54) is 70.6 Å². The molecule has 0 atom stereocenters. The van der Waals surface area contributed by atoms with Crippen LogP contribution in [0.3, 0.4) is 0 Å². The maximum absolute atomic E-state index is 12.4. The summed E-state index contributed by atoms with van der Waals surface area (Å²) in [6, 6.07) is 5.67. The van der Waals surface area contributed by atoms with E-state index in [4.69, 9.17) is 9.47 Å². The first kappa shape index (κ1) is 33.4. The van der Waals surface area contributed by atoms with E-state index in [9.17, 15) is 19.8 Å². The van der Waals surface area contributed by atoms with Gasteiger partial charge in [-0.2, -0.15) is 0 Å². The first-order chi connectivity index (χ1) is 19.3. The van der Waals surface area contributed by atoms with Crippen LogP contribution >= 0.6 is 0 Å². The molecule has 224 valence electrons. The molecule has 1 aliphatic heterocycles. The maximum atomic E-state index is 12.4. The zero-order valence-corrected chi connectivity index (χ0v) is 25.2. The van der Waals surface area contributed by atoms with Crippen molar-refractivity contribution in [1.29, 1.82) is 0 Å². The van der Waals surface area contributed by atoms with Crippen LogP contribution in [0, 0.1) is 0 Å². The average Bonchev–Trinajstić information content (AvgIpc) is 2.90. The summed E-state index contributed by atoms with van der Waals surface area (Å²) < 4.78 is 11.2. The van der Waals surface area contributed by atoms with E-state index in [2.05, 4.69) is 12.2 Å². The zero-order chi connectivity index (χ0) is 29.3. The number of allylic oxidation sites excluding steroid dienone is 2. The van der Waals surface area contributed by atoms with Gasteiger partial charge in [-0.05, 0) is 38.3 Å². The molecule has 1 aromatic carbocycles. The van der Waals surface area contributed by atoms with Gasteiger partial charge in [-0.1, -0.05) is 96.1 Å². The van der Waals surface area contributed by atoms with Crippen molar-refractivity contribution in [3.63, 3.8) is 0 Å². The number of carboxylic acid groups (broad SMARTS) is 2. The second-order valence-electron chi connectivity index (χ2n) is 10.9. The number of aliphatic carboxylic acids is 2. The Hall–Kier alpha value is -2.80. The number of hydrogen-bond donors (Lipinski definition) is 3. The van der Waals surface area contributed by atoms with E-state index in [-0.39, 0.29) is 17.8 Å². The predicted octanol–water partition coefficient (Wildman–Crippen LogP) is 7.75. The van der Waals surface area contributed by atoms with Crippen LogP contribution in [0.25, 0.3) is 0 Å². The van der Waals surface area contributed by atoms with E-state index < -0.39 is 17.9 Å². The number of ether oxygens (including phenoxy) is 2. The highest BCUT2D eigenvalue weighted by Gasteiger charge is 2.39. The van der Waals surface area contributed by atoms with Crippen molar-refractivity contribution in [2.75, 3.05) is 20.3 Å². The number of unbranched alkanes of at least 4 members (excludes halogenated alkanes) is 12. The van der Waals surface area contributed by atoms with E-state index in [0.717, 1.165) is 24.8 Å². The number of benzene rings is 1. The fourth-order valence-corrected chi connectivity index (χ4v) is 5.68. The van der Waals surface area contributed by atoms with Gasteiger partial charge in [0.05, 0.1) is 23.7 Å². The Morgan fingerprint density at radius 2 is 1.27 bits per heavy atom. The van der Waals surface area contributed by atoms with Crippen molar-refractivity contribution in [1.82, 2.24) is 5.32 Å². The standard InChI is InChI=1S/C33H51NO6/c1-5-6-7-8-9-10-11-12-13-14-15-16-17-19-26-20-18-21-27(40-23-22-39-4)30(26)31-28(32(35)36)24(2)34-25(3)29(31)33(37)38/h18,20-21,31,34H,5-17,19,22-23H2,1-4H3,(H,35,36)(H,37,38). The monoisotopic (exact) mass is 557 g/mol. The fraction of sp³-hybridized carbons (Fsp3) is 0.636. The van der Waals surface area contributed by atoms with Crippen molar-refractivity contribution < 1.29 is 29.3 Å². The minimum absolute atomic E-state index is 0.0393. The minimum Gasteiger partial charge on any atom is -0.491 e. The van der Waals surface area contributed by atoms with Crippen molar-refractivity contribution >= 4 is 11.9 Å². The Labute approximate surface area is 241 Å². The summed E-state index contributed by atoms with van der Waals surface area (Å²) in [6.45, 7) is 6.27. The molecule has 3 N–H and O–H groups in total. The number of carbonyl (C=O) groups is 2. The molecular weight excluding hydrogens is 506 g/mol. The SMILES string of the molecule is CCCCCCCCCCCCCCCc1cccc(OCCOC)c1C1C(C(=O)O)=C(C)NC(C)=C1C(=O)O. The molecular formula is C33H51NO6. The number of methoxy groups -OCH3 is 1. The molecule has 40 heavy (non-hydrogen) atoms. The molecule has 0 aromatic heterocycles. The fourth-order valence-electron chi connectivity index (χ4n) is 5.68. The first-order valence-electron chi connectivity index (χ1n) is 15.2. The molecule has 0 saturated carbocycles. The normalized spacial score (nSPS) is 14.0. The summed E-state index contributed by atoms with van der Waals surface area (Å²) in [4.78, 5) is 24.8. The quantitative estimate of drug-likeness (QED) is 0.133. The van der Waals surface area contributed by atoms with Gasteiger partial charge >= 0.3 is 11.9 Å². The van der Waals surface area contributed by atoms with Gasteiger partial charge in [0.2, 0.25) is 0 Å². The number of nitrogens with one attached hydrogen (secondary N) is 1. The molecule has 7 heteroatoms. The Kier molecular flexibility index (Phi) is 15.5. The van der Waals surface area contributed by atoms with Crippen molar-refractivity contribution in [2.45, 2.75) is 117 Å². The molecule has 1 aliphatic rings. The van der Waals surface area contributed by atoms with Gasteiger partial charge in [-0.15, -0.1) is 0 Å². The van der Waals surface area contributed by atoms with Crippen molar-refractivity contribution in [3.05, 3.63) is 51.9 Å². The van der Waals surface area contributed by atoms with Gasteiger partial charge in [0.1, 0.15) is 12.4 Å². The topological polar surface area (TPSA) is 105 Å². The summed E-state index contributed by atoms with van der Waals surface area (Å²) in [5.41, 5.74) is 2.53. The number of aryl methyl sites for hydroxylation is 1. The molecule has 7 nitrogen and oxygen atoms in total. The number of carboxylic acids is 2. The van der Waals surface area contributed by atoms with Gasteiger partial charge in [-0.3, -0.25) is 0 Å². The summed E-state index contributed by atoms with van der Waals surface area (Å²) >= 11 is 0. The lowest BCUT2D eigenvalue weighted by molar-refractivity contribution is -0.133. The summed E-state index contributed by atoms with van der Waals surface area (Å²) in [7, 11) is 1.59. The summed E-state index contributed by atoms with van der Waals surface area (Å²) in [5.74, 6) is -2.71. The molecule has 0 saturated heterocycles. The molecule has 0 fully saturated rings. The van der Waals surface area contributed by atoms with Gasteiger partial charge in [0, 0.05) is 24.1 Å². The summed E-state index contributed by atoms with van der Waals surface area (Å²) in [5, 5.41) is 23.3. The smallest absolute Gasteiger partial charge is 0.334 e. The molecule has 0 aliphatic carbocycles. The Morgan fingerprint density at radius 1 is 0.775 bits per heavy atom. The third kappa shape index (κ3) is 10.3. The highest BCUT2D eigenvalue weighted by atomic mass is 16.5. The Morgan fingerprint density at radius 3 is 1.75 bits per heavy atom. The van der Waals surface area contributed by atoms with Crippen LogP contribution in [0.5, 0.6) is 5.75 Å². The molecule has 0 bridgehead atoms. The van der Waals surface area contributed by atoms with Crippen molar-refractivity contribution in [2.24, 2.45) is 0 Å². The zero-order valence-electron chi connectivity index (χ0n) is 25.2. The van der Waals surface area contributed by atoms with Gasteiger partial charge in [0.25, 0.3) is 0 Å². The van der Waals surface area contributed by atoms with Gasteiger partial charge in [0.15, 0.2) is 0 Å². The van der Waals surface area contributed by atoms with Crippen LogP contribution in [0.2, 0.25) is 0 Å². The number of hydrogen-bond acceptors (Lipinski definition) is 5. The second-order valence-corrected chi connectivity index (χ2v) is 10.9. The molecule has 0 amide bonds. The Balaban J connectivity index is 2.10. The van der Waals surface area contributed by atoms with E-state index in [0.29, 0.717) is 29.3 Å².